The number of amides is 3. The van der Waals surface area contributed by atoms with Crippen LogP contribution in [0.5, 0.6) is 0 Å². The average molecular weight is 498 g/mol. The fourth-order valence-electron chi connectivity index (χ4n) is 4.24. The van der Waals surface area contributed by atoms with Crippen molar-refractivity contribution in [3.63, 3.8) is 0 Å². The van der Waals surface area contributed by atoms with Gasteiger partial charge in [-0.2, -0.15) is 0 Å². The lowest BCUT2D eigenvalue weighted by atomic mass is 9.94. The summed E-state index contributed by atoms with van der Waals surface area (Å²) < 4.78 is 14.8. The summed E-state index contributed by atoms with van der Waals surface area (Å²) in [4.78, 5) is 46.6. The molecule has 0 aliphatic carbocycles. The van der Waals surface area contributed by atoms with Crippen LogP contribution >= 0.6 is 11.3 Å². The third kappa shape index (κ3) is 5.12. The Morgan fingerprint density at radius 3 is 2.66 bits per heavy atom. The highest BCUT2D eigenvalue weighted by atomic mass is 32.1. The minimum atomic E-state index is -1.17. The molecule has 3 amide bonds. The first-order valence-corrected chi connectivity index (χ1v) is 12.4. The lowest BCUT2D eigenvalue weighted by Gasteiger charge is -2.43. The Morgan fingerprint density at radius 1 is 1.20 bits per heavy atom. The molecule has 0 saturated carbocycles. The minimum Gasteiger partial charge on any atom is -0.350 e. The fourth-order valence-corrected chi connectivity index (χ4v) is 4.95. The third-order valence-corrected chi connectivity index (χ3v) is 7.05. The predicted molar refractivity (Wildman–Crippen MR) is 131 cm³/mol. The molecule has 4 rings (SSSR count). The normalized spacial score (nSPS) is 17.2. The van der Waals surface area contributed by atoms with E-state index in [1.54, 1.807) is 35.0 Å². The van der Waals surface area contributed by atoms with Crippen LogP contribution in [0, 0.1) is 5.82 Å². The highest BCUT2D eigenvalue weighted by molar-refractivity contribution is 7.09. The number of fused-ring (bicyclic) bond motifs is 1. The smallest absolute Gasteiger partial charge is 0.273 e. The van der Waals surface area contributed by atoms with Crippen LogP contribution in [-0.2, 0) is 24.3 Å². The molecule has 2 aromatic heterocycles. The highest BCUT2D eigenvalue weighted by Crippen LogP contribution is 2.29. The van der Waals surface area contributed by atoms with Crippen molar-refractivity contribution in [1.82, 2.24) is 25.1 Å². The molecule has 0 spiro atoms. The molecule has 2 N–H and O–H groups in total. The van der Waals surface area contributed by atoms with Crippen molar-refractivity contribution < 1.29 is 18.8 Å². The average Bonchev–Trinajstić information content (AvgIpc) is 3.51. The number of halogens is 1. The molecule has 0 bridgehead atoms. The van der Waals surface area contributed by atoms with Crippen molar-refractivity contribution in [3.05, 3.63) is 75.8 Å². The minimum absolute atomic E-state index is 0.0658. The number of carbonyl (C=O) groups is 3. The van der Waals surface area contributed by atoms with E-state index < -0.39 is 17.4 Å². The van der Waals surface area contributed by atoms with Gasteiger partial charge in [0.15, 0.2) is 5.69 Å². The van der Waals surface area contributed by atoms with Crippen LogP contribution in [-0.4, -0.2) is 50.8 Å². The van der Waals surface area contributed by atoms with Gasteiger partial charge in [-0.3, -0.25) is 14.4 Å². The second-order valence-corrected chi connectivity index (χ2v) is 9.73. The topological polar surface area (TPSA) is 96.3 Å². The Kier molecular flexibility index (Phi) is 7.30. The summed E-state index contributed by atoms with van der Waals surface area (Å²) in [5.41, 5.74) is -0.169. The van der Waals surface area contributed by atoms with Crippen LogP contribution < -0.4 is 10.6 Å². The lowest BCUT2D eigenvalue weighted by Crippen LogP contribution is -2.64. The number of nitrogens with zero attached hydrogens (tertiary/aromatic N) is 3. The standard InChI is InChI=1S/C25H28FN5O3S/c1-3-12-31-23(33)21-20(22(32)27-11-10-19-5-4-13-35-19)29-16-30(21)15-25(31,2)24(34)28-14-17-6-8-18(26)9-7-17/h4-9,13,16H,3,10-12,14-15H2,1-2H3,(H,27,32)(H,28,34). The van der Waals surface area contributed by atoms with Crippen LogP contribution in [0.3, 0.4) is 0 Å². The van der Waals surface area contributed by atoms with Crippen LogP contribution in [0.4, 0.5) is 4.39 Å². The Bertz CT molecular complexity index is 1210. The van der Waals surface area contributed by atoms with Crippen molar-refractivity contribution in [2.75, 3.05) is 13.1 Å². The van der Waals surface area contributed by atoms with Gasteiger partial charge >= 0.3 is 0 Å². The number of imidazole rings is 1. The lowest BCUT2D eigenvalue weighted by molar-refractivity contribution is -0.133. The van der Waals surface area contributed by atoms with Crippen molar-refractivity contribution >= 4 is 29.1 Å². The molecule has 3 aromatic rings. The largest absolute Gasteiger partial charge is 0.350 e. The van der Waals surface area contributed by atoms with E-state index in [2.05, 4.69) is 15.6 Å². The Balaban J connectivity index is 1.50. The fraction of sp³-hybridized carbons (Fsp3) is 0.360. The molecular formula is C25H28FN5O3S. The van der Waals surface area contributed by atoms with E-state index in [0.717, 1.165) is 10.4 Å². The zero-order valence-corrected chi connectivity index (χ0v) is 20.5. The van der Waals surface area contributed by atoms with E-state index in [-0.39, 0.29) is 36.2 Å². The number of hydrogen-bond acceptors (Lipinski definition) is 5. The summed E-state index contributed by atoms with van der Waals surface area (Å²) in [6.45, 7) is 4.79. The van der Waals surface area contributed by atoms with Gasteiger partial charge in [0, 0.05) is 24.5 Å². The number of hydrogen-bond donors (Lipinski definition) is 2. The molecule has 1 aromatic carbocycles. The third-order valence-electron chi connectivity index (χ3n) is 6.11. The van der Waals surface area contributed by atoms with E-state index in [0.29, 0.717) is 25.9 Å². The van der Waals surface area contributed by atoms with Gasteiger partial charge in [-0.1, -0.05) is 25.1 Å². The zero-order chi connectivity index (χ0) is 25.0. The van der Waals surface area contributed by atoms with Gasteiger partial charge < -0.3 is 20.1 Å². The van der Waals surface area contributed by atoms with Crippen molar-refractivity contribution in [2.45, 2.75) is 45.3 Å². The van der Waals surface area contributed by atoms with Crippen LogP contribution in [0.15, 0.2) is 48.1 Å². The molecule has 10 heteroatoms. The van der Waals surface area contributed by atoms with Gasteiger partial charge in [-0.05, 0) is 48.9 Å². The van der Waals surface area contributed by atoms with Gasteiger partial charge in [-0.25, -0.2) is 9.37 Å². The first-order valence-electron chi connectivity index (χ1n) is 11.5. The number of benzene rings is 1. The maximum Gasteiger partial charge on any atom is 0.273 e. The maximum absolute atomic E-state index is 13.6. The quantitative estimate of drug-likeness (QED) is 0.475. The van der Waals surface area contributed by atoms with Gasteiger partial charge in [-0.15, -0.1) is 11.3 Å². The predicted octanol–water partition coefficient (Wildman–Crippen LogP) is 3.00. The van der Waals surface area contributed by atoms with Crippen molar-refractivity contribution in [2.24, 2.45) is 0 Å². The molecule has 1 unspecified atom stereocenters. The molecule has 3 heterocycles. The van der Waals surface area contributed by atoms with Crippen molar-refractivity contribution in [1.29, 1.82) is 0 Å². The van der Waals surface area contributed by atoms with Gasteiger partial charge in [0.25, 0.3) is 11.8 Å². The van der Waals surface area contributed by atoms with Crippen molar-refractivity contribution in [3.8, 4) is 0 Å². The summed E-state index contributed by atoms with van der Waals surface area (Å²) in [5.74, 6) is -1.49. The molecule has 0 saturated heterocycles. The van der Waals surface area contributed by atoms with Gasteiger partial charge in [0.1, 0.15) is 17.1 Å². The molecule has 1 aliphatic rings. The summed E-state index contributed by atoms with van der Waals surface area (Å²) >= 11 is 1.62. The molecule has 0 radical (unpaired) electrons. The van der Waals surface area contributed by atoms with Gasteiger partial charge in [0.2, 0.25) is 5.91 Å². The Hall–Kier alpha value is -3.53. The van der Waals surface area contributed by atoms with E-state index in [1.807, 2.05) is 24.4 Å². The second kappa shape index (κ2) is 10.4. The van der Waals surface area contributed by atoms with Crippen LogP contribution in [0.2, 0.25) is 0 Å². The van der Waals surface area contributed by atoms with Crippen LogP contribution in [0.1, 0.15) is 51.7 Å². The maximum atomic E-state index is 13.6. The summed E-state index contributed by atoms with van der Waals surface area (Å²) in [6, 6.07) is 9.84. The van der Waals surface area contributed by atoms with Crippen LogP contribution in [0.25, 0.3) is 0 Å². The SMILES string of the molecule is CCCN1C(=O)c2c(C(=O)NCCc3cccs3)ncn2CC1(C)C(=O)NCc1ccc(F)cc1. The second-order valence-electron chi connectivity index (χ2n) is 8.69. The molecular weight excluding hydrogens is 469 g/mol. The number of rotatable bonds is 9. The monoisotopic (exact) mass is 497 g/mol. The zero-order valence-electron chi connectivity index (χ0n) is 19.7. The Morgan fingerprint density at radius 2 is 1.97 bits per heavy atom. The first-order chi connectivity index (χ1) is 16.8. The molecule has 184 valence electrons. The summed E-state index contributed by atoms with van der Waals surface area (Å²) in [5, 5.41) is 7.70. The highest BCUT2D eigenvalue weighted by Gasteiger charge is 2.48. The van der Waals surface area contributed by atoms with E-state index >= 15 is 0 Å². The summed E-state index contributed by atoms with van der Waals surface area (Å²) in [6.07, 6.45) is 2.78. The number of nitrogens with one attached hydrogen (secondary N) is 2. The molecule has 8 nitrogen and oxygen atoms in total. The molecule has 35 heavy (non-hydrogen) atoms. The van der Waals surface area contributed by atoms with E-state index in [9.17, 15) is 18.8 Å². The molecule has 1 atom stereocenters. The first kappa shape index (κ1) is 24.6. The molecule has 1 aliphatic heterocycles. The number of aromatic nitrogens is 2. The number of thiophene rings is 1. The van der Waals surface area contributed by atoms with Gasteiger partial charge in [0.05, 0.1) is 12.9 Å². The number of carbonyl (C=O) groups excluding carboxylic acids is 3. The Labute approximate surface area is 207 Å². The van der Waals surface area contributed by atoms with E-state index in [1.165, 1.54) is 23.4 Å². The summed E-state index contributed by atoms with van der Waals surface area (Å²) in [7, 11) is 0. The molecule has 0 fully saturated rings. The van der Waals surface area contributed by atoms with E-state index in [4.69, 9.17) is 0 Å².